The third kappa shape index (κ3) is 20.4. The molecule has 0 amide bonds. The van der Waals surface area contributed by atoms with Crippen LogP contribution in [0.4, 0.5) is 0 Å². The van der Waals surface area contributed by atoms with Crippen LogP contribution in [0.5, 0.6) is 0 Å². The average Bonchev–Trinajstić information content (AvgIpc) is 0.753. The first-order valence-corrected chi connectivity index (χ1v) is 31.7. The summed E-state index contributed by atoms with van der Waals surface area (Å²) in [5.74, 6) is -31.1. The zero-order valence-corrected chi connectivity index (χ0v) is 58.2. The van der Waals surface area contributed by atoms with Crippen molar-refractivity contribution in [2.24, 2.45) is 0 Å². The van der Waals surface area contributed by atoms with Crippen LogP contribution in [0.15, 0.2) is 0 Å². The Morgan fingerprint density at radius 1 is 0.167 bits per heavy atom. The molecule has 12 bridgehead atoms. The van der Waals surface area contributed by atoms with Crippen LogP contribution in [0.25, 0.3) is 0 Å². The van der Waals surface area contributed by atoms with E-state index in [-0.39, 0.29) is 0 Å². The molecular weight excluding hydrogens is 1490 g/mol. The Balaban J connectivity index is 1.58. The van der Waals surface area contributed by atoms with E-state index in [1.54, 1.807) is 0 Å². The van der Waals surface area contributed by atoms with Crippen LogP contribution >= 0.6 is 0 Å². The Morgan fingerprint density at radius 3 is 0.343 bits per heavy atom. The fourth-order valence-electron chi connectivity index (χ4n) is 12.4. The number of hydrogen-bond donors (Lipinski definition) is 6. The maximum Gasteiger partial charge on any atom is 0.335 e. The van der Waals surface area contributed by atoms with Crippen LogP contribution in [0.2, 0.25) is 0 Å². The molecule has 48 heteroatoms. The molecule has 22 aliphatic rings. The molecule has 48 nitrogen and oxygen atoms in total. The van der Waals surface area contributed by atoms with Crippen LogP contribution in [0, 0.1) is 0 Å². The molecule has 22 saturated heterocycles. The molecule has 30 atom stereocenters. The number of ether oxygens (including phenoxy) is 24. The van der Waals surface area contributed by atoms with Gasteiger partial charge < -0.3 is 144 Å². The molecule has 22 heterocycles. The molecule has 0 spiro atoms. The van der Waals surface area contributed by atoms with Crippen molar-refractivity contribution in [2.75, 3.05) is 0 Å². The molecule has 0 aliphatic carbocycles. The van der Waals surface area contributed by atoms with Gasteiger partial charge in [-0.25, -0.2) is 28.8 Å². The SMILES string of the molecule is CC(=O)OC1C2OC(C(=O)O)C(OC3OC(C(=O)O)C(OC4OC(C(=O)O)C(OC5OC(C(=O)O)C(OC6OC(C(=O)O)C(OC7OC(C(=O)O)C(O2)C(OC(C)=O)C7OC(C)=O)C(OC(C)=O)C6OC(C)=O)C(OC(C)=O)C5OC(C)=O)C(OC(C)=O)C4OC(C)=O)C(OC(C)=O)C3OC(C)=O)C1OC(C)=O. The minimum absolute atomic E-state index is 0.644. The fourth-order valence-corrected chi connectivity index (χ4v) is 12.4. The molecule has 0 aromatic heterocycles. The minimum atomic E-state index is -2.90. The number of esters is 12. The zero-order chi connectivity index (χ0) is 80.7. The van der Waals surface area contributed by atoms with Crippen molar-refractivity contribution in [1.29, 1.82) is 0 Å². The van der Waals surface area contributed by atoms with Crippen LogP contribution in [0.1, 0.15) is 83.1 Å². The van der Waals surface area contributed by atoms with Gasteiger partial charge in [0, 0.05) is 83.1 Å². The van der Waals surface area contributed by atoms with Crippen molar-refractivity contribution in [3.8, 4) is 0 Å². The van der Waals surface area contributed by atoms with Crippen molar-refractivity contribution in [3.63, 3.8) is 0 Å². The lowest BCUT2D eigenvalue weighted by Gasteiger charge is -2.51. The van der Waals surface area contributed by atoms with Gasteiger partial charge in [0.2, 0.25) is 0 Å². The Kier molecular flexibility index (Phi) is 28.2. The summed E-state index contributed by atoms with van der Waals surface area (Å²) in [6.45, 7) is 7.78. The molecule has 6 N–H and O–H groups in total. The first-order chi connectivity index (χ1) is 50.4. The number of rotatable bonds is 18. The van der Waals surface area contributed by atoms with Gasteiger partial charge in [0.05, 0.1) is 0 Å². The van der Waals surface area contributed by atoms with E-state index in [0.717, 1.165) is 0 Å². The highest BCUT2D eigenvalue weighted by Crippen LogP contribution is 2.44. The molecule has 0 saturated carbocycles. The fraction of sp³-hybridized carbons (Fsp3) is 0.700. The lowest BCUT2D eigenvalue weighted by Crippen LogP contribution is -2.71. The quantitative estimate of drug-likeness (QED) is 0.0550. The second-order valence-electron chi connectivity index (χ2n) is 24.1. The van der Waals surface area contributed by atoms with E-state index >= 15 is 0 Å². The monoisotopic (exact) mass is 1560 g/mol. The third-order valence-electron chi connectivity index (χ3n) is 15.8. The van der Waals surface area contributed by atoms with E-state index in [1.165, 1.54) is 0 Å². The first kappa shape index (κ1) is 85.2. The molecule has 22 fully saturated rings. The molecule has 22 rings (SSSR count). The number of aliphatic carboxylic acids is 6. The number of carbonyl (C=O) groups excluding carboxylic acids is 12. The van der Waals surface area contributed by atoms with Crippen LogP contribution in [-0.4, -0.2) is 322 Å². The maximum absolute atomic E-state index is 13.7. The van der Waals surface area contributed by atoms with E-state index in [0.29, 0.717) is 83.1 Å². The third-order valence-corrected chi connectivity index (χ3v) is 15.8. The van der Waals surface area contributed by atoms with Crippen molar-refractivity contribution < 1.29 is 231 Å². The smallest absolute Gasteiger partial charge is 0.335 e. The summed E-state index contributed by atoms with van der Waals surface area (Å²) >= 11 is 0. The average molecular weight is 1560 g/mol. The van der Waals surface area contributed by atoms with Gasteiger partial charge >= 0.3 is 107 Å². The van der Waals surface area contributed by atoms with Crippen molar-refractivity contribution in [1.82, 2.24) is 0 Å². The number of carbonyl (C=O) groups is 18. The van der Waals surface area contributed by atoms with Crippen molar-refractivity contribution in [2.45, 2.75) is 267 Å². The first-order valence-electron chi connectivity index (χ1n) is 31.7. The molecular formula is C60H72O48. The van der Waals surface area contributed by atoms with E-state index in [1.807, 2.05) is 0 Å². The predicted octanol–water partition coefficient (Wildman–Crippen LogP) is -5.65. The molecule has 0 aromatic rings. The Bertz CT molecular complexity index is 2920. The summed E-state index contributed by atoms with van der Waals surface area (Å²) in [5.41, 5.74) is 0. The summed E-state index contributed by atoms with van der Waals surface area (Å²) in [7, 11) is 0. The topological polar surface area (TPSA) is 650 Å². The molecule has 0 radical (unpaired) electrons. The van der Waals surface area contributed by atoms with Gasteiger partial charge in [0.15, 0.2) is 148 Å². The highest BCUT2D eigenvalue weighted by Gasteiger charge is 2.67. The molecule has 0 aromatic carbocycles. The Hall–Kier alpha value is -10.0. The predicted molar refractivity (Wildman–Crippen MR) is 314 cm³/mol. The maximum atomic E-state index is 13.7. The number of hydrogen-bond acceptors (Lipinski definition) is 42. The standard InChI is InChI=1S/C60H72O48/c1-13(61)85-31-25-37(49(73)74)103-55(43(31)91-19(7)67)98-26-32(86-14(2)62)45(93-21(9)69)57(105-38(26)50(75)76)100-28-34(88-16(4)64)47(95-23(11)71)59(107-40(28)52(79)80)102-30-36(90-18(6)66)48(96-24(12)72)60(108-42(30)54(83)84)101-29-35(89-17(5)65)46(94-22(10)70)58(106-41(29)53(81)82)99-27-33(87-15(3)63)44(92-20(8)68)56(97-25)104-39(27)51(77)78/h25-48,55-60H,1-12H3,(H,73,74)(H,75,76)(H,77,78)(H,79,80)(H,81,82)(H,83,84). The lowest BCUT2D eigenvalue weighted by atomic mass is 9.93. The molecule has 22 aliphatic heterocycles. The zero-order valence-electron chi connectivity index (χ0n) is 58.2. The summed E-state index contributed by atoms with van der Waals surface area (Å²) in [5, 5.41) is 66.3. The summed E-state index contributed by atoms with van der Waals surface area (Å²) in [6, 6.07) is 0. The Labute approximate surface area is 604 Å². The van der Waals surface area contributed by atoms with E-state index in [4.69, 9.17) is 114 Å². The Morgan fingerprint density at radius 2 is 0.259 bits per heavy atom. The van der Waals surface area contributed by atoms with Crippen LogP contribution in [0.3, 0.4) is 0 Å². The van der Waals surface area contributed by atoms with Gasteiger partial charge in [0.25, 0.3) is 0 Å². The number of carboxylic acids is 6. The largest absolute Gasteiger partial charge is 0.479 e. The van der Waals surface area contributed by atoms with Crippen molar-refractivity contribution in [3.05, 3.63) is 0 Å². The van der Waals surface area contributed by atoms with Gasteiger partial charge in [-0.3, -0.25) is 57.5 Å². The second kappa shape index (κ2) is 35.8. The molecule has 600 valence electrons. The van der Waals surface area contributed by atoms with Gasteiger partial charge in [-0.15, -0.1) is 0 Å². The van der Waals surface area contributed by atoms with Gasteiger partial charge in [-0.2, -0.15) is 0 Å². The molecule has 108 heavy (non-hydrogen) atoms. The summed E-state index contributed by atoms with van der Waals surface area (Å²) in [4.78, 5) is 242. The summed E-state index contributed by atoms with van der Waals surface area (Å²) < 4.78 is 137. The molecule has 30 unspecified atom stereocenters. The van der Waals surface area contributed by atoms with Gasteiger partial charge in [0.1, 0.15) is 36.6 Å². The summed E-state index contributed by atoms with van der Waals surface area (Å²) in [6.07, 6.45) is -82.2. The van der Waals surface area contributed by atoms with E-state index < -0.39 is 292 Å². The van der Waals surface area contributed by atoms with E-state index in [9.17, 15) is 117 Å². The van der Waals surface area contributed by atoms with E-state index in [2.05, 4.69) is 0 Å². The van der Waals surface area contributed by atoms with Gasteiger partial charge in [-0.05, 0) is 0 Å². The normalized spacial score (nSPS) is 37.3. The van der Waals surface area contributed by atoms with Crippen LogP contribution < -0.4 is 0 Å². The number of carboxylic acid groups (broad SMARTS) is 6. The lowest BCUT2D eigenvalue weighted by molar-refractivity contribution is -0.394. The van der Waals surface area contributed by atoms with Crippen molar-refractivity contribution >= 4 is 107 Å². The highest BCUT2D eigenvalue weighted by atomic mass is 16.8. The highest BCUT2D eigenvalue weighted by molar-refractivity contribution is 5.79. The van der Waals surface area contributed by atoms with Crippen LogP contribution in [-0.2, 0) is 200 Å². The van der Waals surface area contributed by atoms with Gasteiger partial charge in [-0.1, -0.05) is 0 Å². The second-order valence-corrected chi connectivity index (χ2v) is 24.1. The minimum Gasteiger partial charge on any atom is -0.479 e.